The van der Waals surface area contributed by atoms with Gasteiger partial charge in [0.05, 0.1) is 11.5 Å². The zero-order valence-corrected chi connectivity index (χ0v) is 15.9. The van der Waals surface area contributed by atoms with Crippen molar-refractivity contribution < 1.29 is 14.7 Å². The maximum Gasteiger partial charge on any atom is 0.227 e. The van der Waals surface area contributed by atoms with Gasteiger partial charge < -0.3 is 14.9 Å². The van der Waals surface area contributed by atoms with Crippen molar-refractivity contribution in [2.45, 2.75) is 45.3 Å². The molecular weight excluding hydrogens is 340 g/mol. The average Bonchev–Trinajstić information content (AvgIpc) is 2.55. The van der Waals surface area contributed by atoms with Gasteiger partial charge in [-0.2, -0.15) is 0 Å². The van der Waals surface area contributed by atoms with Crippen LogP contribution >= 0.6 is 11.6 Å². The molecule has 1 aliphatic rings. The Morgan fingerprint density at radius 2 is 2.00 bits per heavy atom. The van der Waals surface area contributed by atoms with E-state index in [1.54, 1.807) is 42.8 Å². The first-order valence-electron chi connectivity index (χ1n) is 8.65. The van der Waals surface area contributed by atoms with Crippen LogP contribution in [-0.2, 0) is 16.1 Å². The Kier molecular flexibility index (Phi) is 6.47. The maximum absolute atomic E-state index is 12.7. The van der Waals surface area contributed by atoms with Gasteiger partial charge >= 0.3 is 0 Å². The number of nitrogens with zero attached hydrogens (tertiary/aromatic N) is 2. The minimum absolute atomic E-state index is 0.0397. The molecular formula is C19H27ClN2O3. The predicted molar refractivity (Wildman–Crippen MR) is 98.1 cm³/mol. The lowest BCUT2D eigenvalue weighted by Crippen LogP contribution is -2.46. The fraction of sp³-hybridized carbons (Fsp3) is 0.579. The summed E-state index contributed by atoms with van der Waals surface area (Å²) in [5, 5.41) is 10.5. The Morgan fingerprint density at radius 1 is 1.36 bits per heavy atom. The van der Waals surface area contributed by atoms with Gasteiger partial charge in [-0.15, -0.1) is 0 Å². The molecule has 0 saturated carbocycles. The van der Waals surface area contributed by atoms with Crippen molar-refractivity contribution in [3.8, 4) is 0 Å². The topological polar surface area (TPSA) is 60.9 Å². The number of hydrogen-bond acceptors (Lipinski definition) is 3. The third-order valence-electron chi connectivity index (χ3n) is 4.57. The molecule has 2 rings (SSSR count). The van der Waals surface area contributed by atoms with Crippen molar-refractivity contribution >= 4 is 23.4 Å². The van der Waals surface area contributed by atoms with Gasteiger partial charge in [-0.05, 0) is 44.4 Å². The molecule has 25 heavy (non-hydrogen) atoms. The molecule has 1 N–H and O–H groups in total. The molecule has 1 heterocycles. The number of rotatable bonds is 6. The largest absolute Gasteiger partial charge is 0.390 e. The molecule has 0 unspecified atom stereocenters. The smallest absolute Gasteiger partial charge is 0.227 e. The standard InChI is InChI=1S/C19H27ClN2O3/c1-19(2,25)10-11-21(3)18(24)15-6-9-17(23)22(13-15)12-14-4-7-16(20)8-5-14/h4-5,7-8,15,25H,6,9-13H2,1-3H3/t15-/m1/s1. The monoisotopic (exact) mass is 366 g/mol. The van der Waals surface area contributed by atoms with Gasteiger partial charge in [-0.3, -0.25) is 9.59 Å². The summed E-state index contributed by atoms with van der Waals surface area (Å²) >= 11 is 5.90. The second-order valence-corrected chi connectivity index (χ2v) is 7.89. The first kappa shape index (κ1) is 19.7. The van der Waals surface area contributed by atoms with Gasteiger partial charge in [-0.25, -0.2) is 0 Å². The summed E-state index contributed by atoms with van der Waals surface area (Å²) in [6.45, 7) is 4.90. The number of benzene rings is 1. The third kappa shape index (κ3) is 6.01. The number of carbonyl (C=O) groups is 2. The minimum Gasteiger partial charge on any atom is -0.390 e. The number of aliphatic hydroxyl groups is 1. The van der Waals surface area contributed by atoms with Crippen molar-refractivity contribution in [1.29, 1.82) is 0 Å². The van der Waals surface area contributed by atoms with Crippen LogP contribution in [0.3, 0.4) is 0 Å². The van der Waals surface area contributed by atoms with Gasteiger partial charge in [0.1, 0.15) is 0 Å². The molecule has 5 nitrogen and oxygen atoms in total. The summed E-state index contributed by atoms with van der Waals surface area (Å²) in [7, 11) is 1.76. The molecule has 1 fully saturated rings. The number of carbonyl (C=O) groups excluding carboxylic acids is 2. The Morgan fingerprint density at radius 3 is 2.60 bits per heavy atom. The summed E-state index contributed by atoms with van der Waals surface area (Å²) in [5.74, 6) is -0.0622. The molecule has 0 aliphatic carbocycles. The molecule has 1 aromatic rings. The SMILES string of the molecule is CN(CCC(C)(C)O)C(=O)[C@@H]1CCC(=O)N(Cc2ccc(Cl)cc2)C1. The van der Waals surface area contributed by atoms with Crippen LogP contribution in [0.25, 0.3) is 0 Å². The molecule has 0 bridgehead atoms. The van der Waals surface area contributed by atoms with E-state index in [0.717, 1.165) is 5.56 Å². The number of amides is 2. The van der Waals surface area contributed by atoms with Crippen LogP contribution < -0.4 is 0 Å². The van der Waals surface area contributed by atoms with E-state index in [1.807, 2.05) is 12.1 Å². The van der Waals surface area contributed by atoms with Crippen molar-refractivity contribution in [2.75, 3.05) is 20.1 Å². The minimum atomic E-state index is -0.794. The van der Waals surface area contributed by atoms with Gasteiger partial charge in [-0.1, -0.05) is 23.7 Å². The number of halogens is 1. The molecule has 1 atom stereocenters. The highest BCUT2D eigenvalue weighted by Crippen LogP contribution is 2.22. The average molecular weight is 367 g/mol. The quantitative estimate of drug-likeness (QED) is 0.842. The predicted octanol–water partition coefficient (Wildman–Crippen LogP) is 2.70. The second-order valence-electron chi connectivity index (χ2n) is 7.46. The Bertz CT molecular complexity index is 610. The van der Waals surface area contributed by atoms with E-state index in [2.05, 4.69) is 0 Å². The third-order valence-corrected chi connectivity index (χ3v) is 4.82. The Labute approximate surface area is 154 Å². The first-order chi connectivity index (χ1) is 11.7. The van der Waals surface area contributed by atoms with E-state index in [-0.39, 0.29) is 17.7 Å². The molecule has 1 aliphatic heterocycles. The van der Waals surface area contributed by atoms with E-state index in [0.29, 0.717) is 43.9 Å². The maximum atomic E-state index is 12.7. The number of likely N-dealkylation sites (tertiary alicyclic amines) is 1. The van der Waals surface area contributed by atoms with Crippen molar-refractivity contribution in [1.82, 2.24) is 9.80 Å². The summed E-state index contributed by atoms with van der Waals surface area (Å²) in [5.41, 5.74) is 0.207. The van der Waals surface area contributed by atoms with Crippen LogP contribution in [-0.4, -0.2) is 52.5 Å². The van der Waals surface area contributed by atoms with Crippen molar-refractivity contribution in [2.24, 2.45) is 5.92 Å². The Hall–Kier alpha value is -1.59. The molecule has 1 aromatic carbocycles. The van der Waals surface area contributed by atoms with Crippen LogP contribution in [0.4, 0.5) is 0 Å². The summed E-state index contributed by atoms with van der Waals surface area (Å²) < 4.78 is 0. The molecule has 0 radical (unpaired) electrons. The normalized spacial score (nSPS) is 18.4. The van der Waals surface area contributed by atoms with Crippen LogP contribution in [0.5, 0.6) is 0 Å². The molecule has 6 heteroatoms. The summed E-state index contributed by atoms with van der Waals surface area (Å²) in [4.78, 5) is 28.3. The van der Waals surface area contributed by atoms with Gasteiger partial charge in [0.25, 0.3) is 0 Å². The molecule has 138 valence electrons. The lowest BCUT2D eigenvalue weighted by molar-refractivity contribution is -0.143. The lowest BCUT2D eigenvalue weighted by Gasteiger charge is -2.34. The van der Waals surface area contributed by atoms with E-state index >= 15 is 0 Å². The van der Waals surface area contributed by atoms with E-state index < -0.39 is 5.60 Å². The van der Waals surface area contributed by atoms with E-state index in [9.17, 15) is 14.7 Å². The summed E-state index contributed by atoms with van der Waals surface area (Å²) in [6, 6.07) is 7.41. The molecule has 2 amide bonds. The van der Waals surface area contributed by atoms with E-state index in [4.69, 9.17) is 11.6 Å². The van der Waals surface area contributed by atoms with Crippen LogP contribution in [0.2, 0.25) is 5.02 Å². The number of piperidine rings is 1. The first-order valence-corrected chi connectivity index (χ1v) is 9.03. The lowest BCUT2D eigenvalue weighted by atomic mass is 9.95. The molecule has 0 aromatic heterocycles. The van der Waals surface area contributed by atoms with Gasteiger partial charge in [0.15, 0.2) is 0 Å². The molecule has 1 saturated heterocycles. The highest BCUT2D eigenvalue weighted by molar-refractivity contribution is 6.30. The zero-order valence-electron chi connectivity index (χ0n) is 15.2. The molecule has 0 spiro atoms. The van der Waals surface area contributed by atoms with Gasteiger partial charge in [0.2, 0.25) is 11.8 Å². The number of hydrogen-bond donors (Lipinski definition) is 1. The van der Waals surface area contributed by atoms with Crippen molar-refractivity contribution in [3.63, 3.8) is 0 Å². The van der Waals surface area contributed by atoms with Crippen LogP contribution in [0.1, 0.15) is 38.7 Å². The van der Waals surface area contributed by atoms with Crippen LogP contribution in [0, 0.1) is 5.92 Å². The highest BCUT2D eigenvalue weighted by Gasteiger charge is 2.32. The summed E-state index contributed by atoms with van der Waals surface area (Å²) in [6.07, 6.45) is 1.50. The fourth-order valence-corrected chi connectivity index (χ4v) is 3.07. The zero-order chi connectivity index (χ0) is 18.6. The van der Waals surface area contributed by atoms with Crippen molar-refractivity contribution in [3.05, 3.63) is 34.9 Å². The highest BCUT2D eigenvalue weighted by atomic mass is 35.5. The fourth-order valence-electron chi connectivity index (χ4n) is 2.94. The van der Waals surface area contributed by atoms with E-state index in [1.165, 1.54) is 0 Å². The second kappa shape index (κ2) is 8.19. The van der Waals surface area contributed by atoms with Gasteiger partial charge in [0, 0.05) is 38.1 Å². The van der Waals surface area contributed by atoms with Crippen LogP contribution in [0.15, 0.2) is 24.3 Å². The Balaban J connectivity index is 1.95.